The molecule has 1 amide bonds. The zero-order chi connectivity index (χ0) is 16.4. The quantitative estimate of drug-likeness (QED) is 0.862. The highest BCUT2D eigenvalue weighted by Gasteiger charge is 2.36. The van der Waals surface area contributed by atoms with Gasteiger partial charge in [0.15, 0.2) is 0 Å². The molecule has 6 heteroatoms. The summed E-state index contributed by atoms with van der Waals surface area (Å²) >= 11 is 1.57. The minimum Gasteiger partial charge on any atom is -0.377 e. The lowest BCUT2D eigenvalue weighted by Gasteiger charge is -2.42. The summed E-state index contributed by atoms with van der Waals surface area (Å²) in [6, 6.07) is 5.75. The van der Waals surface area contributed by atoms with Crippen LogP contribution < -0.4 is 0 Å². The van der Waals surface area contributed by atoms with E-state index in [1.807, 2.05) is 28.6 Å². The molecule has 0 unspecified atom stereocenters. The van der Waals surface area contributed by atoms with Gasteiger partial charge in [0.05, 0.1) is 21.3 Å². The first kappa shape index (κ1) is 16.4. The third-order valence-electron chi connectivity index (χ3n) is 4.58. The van der Waals surface area contributed by atoms with Crippen molar-refractivity contribution in [2.45, 2.75) is 18.4 Å². The Kier molecular flexibility index (Phi) is 4.66. The van der Waals surface area contributed by atoms with Gasteiger partial charge in [-0.2, -0.15) is 0 Å². The molecule has 3 rings (SSSR count). The molecule has 1 aliphatic heterocycles. The van der Waals surface area contributed by atoms with Gasteiger partial charge in [-0.1, -0.05) is 0 Å². The van der Waals surface area contributed by atoms with Crippen LogP contribution in [0, 0.1) is 0 Å². The van der Waals surface area contributed by atoms with Crippen LogP contribution in [0.25, 0.3) is 10.2 Å². The van der Waals surface area contributed by atoms with Crippen LogP contribution in [0.5, 0.6) is 0 Å². The number of nitrogens with zero attached hydrogens (tertiary/aromatic N) is 3. The number of carbonyl (C=O) groups excluding carboxylic acids is 1. The highest BCUT2D eigenvalue weighted by atomic mass is 32.1. The second-order valence-electron chi connectivity index (χ2n) is 6.45. The number of rotatable bonds is 4. The lowest BCUT2D eigenvalue weighted by atomic mass is 9.90. The molecular weight excluding hydrogens is 310 g/mol. The van der Waals surface area contributed by atoms with Crippen molar-refractivity contribution in [2.75, 3.05) is 40.8 Å². The number of fused-ring (bicyclic) bond motifs is 1. The van der Waals surface area contributed by atoms with Crippen molar-refractivity contribution >= 4 is 27.5 Å². The number of piperidine rings is 1. The number of carbonyl (C=O) groups is 1. The molecule has 1 aromatic heterocycles. The molecule has 0 aliphatic carbocycles. The number of likely N-dealkylation sites (N-methyl/N-ethyl adjacent to an activating group) is 1. The lowest BCUT2D eigenvalue weighted by Crippen LogP contribution is -2.52. The number of methoxy groups -OCH3 is 1. The molecule has 1 saturated heterocycles. The second-order valence-corrected chi connectivity index (χ2v) is 7.34. The number of benzene rings is 1. The number of aromatic nitrogens is 1. The summed E-state index contributed by atoms with van der Waals surface area (Å²) < 4.78 is 6.85. The van der Waals surface area contributed by atoms with Crippen molar-refractivity contribution in [2.24, 2.45) is 0 Å². The van der Waals surface area contributed by atoms with Gasteiger partial charge in [0.1, 0.15) is 0 Å². The lowest BCUT2D eigenvalue weighted by molar-refractivity contribution is -0.0654. The van der Waals surface area contributed by atoms with Gasteiger partial charge in [-0.05, 0) is 45.1 Å². The molecule has 0 bridgehead atoms. The van der Waals surface area contributed by atoms with E-state index < -0.39 is 0 Å². The Morgan fingerprint density at radius 3 is 2.78 bits per heavy atom. The molecule has 2 heterocycles. The van der Waals surface area contributed by atoms with Gasteiger partial charge in [-0.15, -0.1) is 11.3 Å². The Balaban J connectivity index is 1.70. The third-order valence-corrected chi connectivity index (χ3v) is 5.37. The Hall–Kier alpha value is -1.50. The number of hydrogen-bond acceptors (Lipinski definition) is 5. The van der Waals surface area contributed by atoms with Crippen molar-refractivity contribution in [1.82, 2.24) is 14.8 Å². The largest absolute Gasteiger partial charge is 0.377 e. The molecule has 0 saturated carbocycles. The first-order valence-corrected chi connectivity index (χ1v) is 8.73. The summed E-state index contributed by atoms with van der Waals surface area (Å²) in [5.74, 6) is 0.106. The van der Waals surface area contributed by atoms with Crippen molar-refractivity contribution in [1.29, 1.82) is 0 Å². The predicted octanol–water partition coefficient (Wildman–Crippen LogP) is 2.48. The van der Waals surface area contributed by atoms with Crippen LogP contribution in [0.4, 0.5) is 0 Å². The zero-order valence-corrected chi connectivity index (χ0v) is 14.7. The average molecular weight is 333 g/mol. The molecule has 0 radical (unpaired) electrons. The molecular formula is C17H23N3O2S. The summed E-state index contributed by atoms with van der Waals surface area (Å²) in [6.07, 6.45) is 1.74. The van der Waals surface area contributed by atoms with Gasteiger partial charge < -0.3 is 14.5 Å². The normalized spacial score (nSPS) is 17.8. The summed E-state index contributed by atoms with van der Waals surface area (Å²) in [4.78, 5) is 21.1. The SMILES string of the molecule is COC1(CN(C)C)CCN(C(=O)c2ccc3ncsc3c2)CC1. The standard InChI is InChI=1S/C17H23N3O2S/c1-19(2)11-17(22-3)6-8-20(9-7-17)16(21)13-4-5-14-15(10-13)23-12-18-14/h4-5,10,12H,6-9,11H2,1-3H3. The predicted molar refractivity (Wildman–Crippen MR) is 93.1 cm³/mol. The highest BCUT2D eigenvalue weighted by molar-refractivity contribution is 7.16. The van der Waals surface area contributed by atoms with Crippen LogP contribution in [-0.4, -0.2) is 67.1 Å². The van der Waals surface area contributed by atoms with E-state index in [-0.39, 0.29) is 11.5 Å². The minimum absolute atomic E-state index is 0.106. The summed E-state index contributed by atoms with van der Waals surface area (Å²) in [7, 11) is 5.89. The van der Waals surface area contributed by atoms with Crippen LogP contribution in [0.3, 0.4) is 0 Å². The van der Waals surface area contributed by atoms with Gasteiger partial charge in [-0.25, -0.2) is 4.98 Å². The average Bonchev–Trinajstić information content (AvgIpc) is 3.02. The van der Waals surface area contributed by atoms with E-state index in [1.54, 1.807) is 18.4 Å². The Morgan fingerprint density at radius 1 is 1.39 bits per heavy atom. The van der Waals surface area contributed by atoms with Crippen LogP contribution >= 0.6 is 11.3 Å². The van der Waals surface area contributed by atoms with Crippen molar-refractivity contribution < 1.29 is 9.53 Å². The number of likely N-dealkylation sites (tertiary alicyclic amines) is 1. The molecule has 124 valence electrons. The van der Waals surface area contributed by atoms with E-state index >= 15 is 0 Å². The summed E-state index contributed by atoms with van der Waals surface area (Å²) in [5.41, 5.74) is 3.38. The van der Waals surface area contributed by atoms with Gasteiger partial charge in [-0.3, -0.25) is 4.79 Å². The molecule has 2 aromatic rings. The monoisotopic (exact) mass is 333 g/mol. The van der Waals surface area contributed by atoms with Crippen molar-refractivity contribution in [3.63, 3.8) is 0 Å². The van der Waals surface area contributed by atoms with E-state index in [0.29, 0.717) is 0 Å². The van der Waals surface area contributed by atoms with Crippen LogP contribution in [0.1, 0.15) is 23.2 Å². The molecule has 23 heavy (non-hydrogen) atoms. The van der Waals surface area contributed by atoms with Gasteiger partial charge in [0.2, 0.25) is 0 Å². The third kappa shape index (κ3) is 3.39. The number of hydrogen-bond donors (Lipinski definition) is 0. The zero-order valence-electron chi connectivity index (χ0n) is 13.9. The van der Waals surface area contributed by atoms with E-state index in [4.69, 9.17) is 4.74 Å². The van der Waals surface area contributed by atoms with Crippen LogP contribution in [0.15, 0.2) is 23.7 Å². The topological polar surface area (TPSA) is 45.7 Å². The van der Waals surface area contributed by atoms with Gasteiger partial charge in [0.25, 0.3) is 5.91 Å². The van der Waals surface area contributed by atoms with E-state index in [9.17, 15) is 4.79 Å². The number of thiazole rings is 1. The maximum atomic E-state index is 12.7. The fourth-order valence-corrected chi connectivity index (χ4v) is 4.01. The van der Waals surface area contributed by atoms with Gasteiger partial charge in [0, 0.05) is 32.3 Å². The fraction of sp³-hybridized carbons (Fsp3) is 0.529. The maximum Gasteiger partial charge on any atom is 0.253 e. The van der Waals surface area contributed by atoms with E-state index in [0.717, 1.165) is 48.3 Å². The molecule has 1 fully saturated rings. The van der Waals surface area contributed by atoms with E-state index in [1.165, 1.54) is 0 Å². The fourth-order valence-electron chi connectivity index (χ4n) is 3.29. The molecule has 5 nitrogen and oxygen atoms in total. The first-order chi connectivity index (χ1) is 11.0. The Morgan fingerprint density at radius 2 is 2.13 bits per heavy atom. The summed E-state index contributed by atoms with van der Waals surface area (Å²) in [6.45, 7) is 2.36. The van der Waals surface area contributed by atoms with Crippen molar-refractivity contribution in [3.05, 3.63) is 29.3 Å². The minimum atomic E-state index is -0.137. The molecule has 1 aromatic carbocycles. The van der Waals surface area contributed by atoms with Gasteiger partial charge >= 0.3 is 0 Å². The number of amides is 1. The first-order valence-electron chi connectivity index (χ1n) is 7.85. The summed E-state index contributed by atoms with van der Waals surface area (Å²) in [5, 5.41) is 0. The van der Waals surface area contributed by atoms with Crippen LogP contribution in [-0.2, 0) is 4.74 Å². The van der Waals surface area contributed by atoms with Crippen LogP contribution in [0.2, 0.25) is 0 Å². The highest BCUT2D eigenvalue weighted by Crippen LogP contribution is 2.28. The van der Waals surface area contributed by atoms with Crippen molar-refractivity contribution in [3.8, 4) is 0 Å². The molecule has 0 spiro atoms. The Bertz CT molecular complexity index is 690. The molecule has 0 N–H and O–H groups in total. The second kappa shape index (κ2) is 6.55. The Labute approximate surface area is 140 Å². The molecule has 1 aliphatic rings. The molecule has 0 atom stereocenters. The number of ether oxygens (including phenoxy) is 1. The smallest absolute Gasteiger partial charge is 0.253 e. The van der Waals surface area contributed by atoms with E-state index in [2.05, 4.69) is 24.0 Å². The maximum absolute atomic E-state index is 12.7.